The number of ketones is 1. The molecule has 1 aromatic carbocycles. The van der Waals surface area contributed by atoms with Gasteiger partial charge >= 0.3 is 11.7 Å². The molecular weight excluding hydrogens is 488 g/mol. The lowest BCUT2D eigenvalue weighted by Crippen LogP contribution is -2.64. The minimum absolute atomic E-state index is 0.0181. The molecule has 2 aliphatic heterocycles. The number of morpholine rings is 1. The fourth-order valence-electron chi connectivity index (χ4n) is 4.98. The zero-order valence-electron chi connectivity index (χ0n) is 21.2. The van der Waals surface area contributed by atoms with Crippen LogP contribution in [0, 0.1) is 5.92 Å². The molecule has 4 aliphatic rings. The molecule has 0 aromatic heterocycles. The summed E-state index contributed by atoms with van der Waals surface area (Å²) >= 11 is 0. The monoisotopic (exact) mass is 517 g/mol. The van der Waals surface area contributed by atoms with E-state index in [1.165, 1.54) is 12.0 Å². The number of benzene rings is 1. The van der Waals surface area contributed by atoms with Gasteiger partial charge in [-0.1, -0.05) is 13.3 Å². The third-order valence-electron chi connectivity index (χ3n) is 6.95. The summed E-state index contributed by atoms with van der Waals surface area (Å²) in [5.41, 5.74) is 3.33. The Morgan fingerprint density at radius 2 is 2.08 bits per heavy atom. The molecule has 2 heterocycles. The van der Waals surface area contributed by atoms with Gasteiger partial charge in [0.2, 0.25) is 0 Å². The number of ether oxygens (including phenoxy) is 2. The molecule has 0 radical (unpaired) electrons. The van der Waals surface area contributed by atoms with Crippen molar-refractivity contribution in [3.05, 3.63) is 65.0 Å². The number of anilines is 1. The van der Waals surface area contributed by atoms with Crippen LogP contribution in [0.25, 0.3) is 0 Å². The van der Waals surface area contributed by atoms with Gasteiger partial charge in [-0.3, -0.25) is 14.4 Å². The second-order valence-electron chi connectivity index (χ2n) is 9.41. The first-order valence-electron chi connectivity index (χ1n) is 12.6. The molecule has 10 heteroatoms. The highest BCUT2D eigenvalue weighted by molar-refractivity contribution is 6.25. The van der Waals surface area contributed by atoms with Crippen LogP contribution in [-0.4, -0.2) is 73.0 Å². The molecule has 3 unspecified atom stereocenters. The van der Waals surface area contributed by atoms with Gasteiger partial charge in [0.1, 0.15) is 0 Å². The van der Waals surface area contributed by atoms with Crippen molar-refractivity contribution in [2.45, 2.75) is 38.4 Å². The maximum absolute atomic E-state index is 13.2. The number of allylic oxidation sites excluding steroid dienone is 5. The molecule has 38 heavy (non-hydrogen) atoms. The number of aliphatic hydroxyl groups excluding tert-OH is 1. The Morgan fingerprint density at radius 3 is 2.79 bits per heavy atom. The van der Waals surface area contributed by atoms with Crippen LogP contribution in [0.1, 0.15) is 35.7 Å². The van der Waals surface area contributed by atoms with Crippen molar-refractivity contribution < 1.29 is 34.0 Å². The smallest absolute Gasteiger partial charge is 0.368 e. The van der Waals surface area contributed by atoms with Crippen molar-refractivity contribution in [1.29, 1.82) is 0 Å². The topological polar surface area (TPSA) is 132 Å². The quantitative estimate of drug-likeness (QED) is 0.583. The Balaban J connectivity index is 1.27. The number of nitrogens with zero attached hydrogens (tertiary/aromatic N) is 3. The van der Waals surface area contributed by atoms with Gasteiger partial charge in [-0.05, 0) is 60.9 Å². The van der Waals surface area contributed by atoms with Crippen LogP contribution in [0.5, 0.6) is 0 Å². The van der Waals surface area contributed by atoms with E-state index in [1.54, 1.807) is 42.7 Å². The highest BCUT2D eigenvalue weighted by Crippen LogP contribution is 2.33. The molecule has 5 rings (SSSR count). The average Bonchev–Trinajstić information content (AvgIpc) is 3.53. The van der Waals surface area contributed by atoms with Crippen LogP contribution >= 0.6 is 0 Å². The van der Waals surface area contributed by atoms with E-state index in [9.17, 15) is 19.5 Å². The largest absolute Gasteiger partial charge is 0.460 e. The molecule has 2 aliphatic carbocycles. The molecule has 196 valence electrons. The standard InChI is InChI=1S/C28H28N4O6/c1-3-4-17-13-18-14-20(9-10-21(18)23(17)33)32-11-12-38-25(28(32)36)24(34)27(35)30-19-7-5-16(6-8-19)26-29-15-22(31-26)37-2/h5-10,14-15,17,24-25,34H,3-4,11-13H2,1-2H3/p+1. The van der Waals surface area contributed by atoms with Gasteiger partial charge in [0.25, 0.3) is 11.8 Å². The number of aliphatic imine (C=N–C) groups is 2. The molecule has 1 aromatic rings. The molecule has 2 N–H and O–H groups in total. The predicted molar refractivity (Wildman–Crippen MR) is 140 cm³/mol. The summed E-state index contributed by atoms with van der Waals surface area (Å²) < 4.78 is 10.6. The Bertz CT molecular complexity index is 1350. The summed E-state index contributed by atoms with van der Waals surface area (Å²) in [6.07, 6.45) is 7.59. The van der Waals surface area contributed by atoms with Crippen molar-refractivity contribution >= 4 is 41.1 Å². The van der Waals surface area contributed by atoms with Crippen molar-refractivity contribution in [3.63, 3.8) is 0 Å². The highest BCUT2D eigenvalue weighted by atomic mass is 16.5. The molecule has 3 atom stereocenters. The van der Waals surface area contributed by atoms with Gasteiger partial charge < -0.3 is 19.5 Å². The van der Waals surface area contributed by atoms with E-state index in [1.807, 2.05) is 6.07 Å². The first-order chi connectivity index (χ1) is 18.4. The summed E-state index contributed by atoms with van der Waals surface area (Å²) in [4.78, 5) is 51.3. The van der Waals surface area contributed by atoms with Crippen LogP contribution < -0.4 is 9.89 Å². The fraction of sp³-hybridized carbons (Fsp3) is 0.357. The van der Waals surface area contributed by atoms with Crippen LogP contribution in [0.4, 0.5) is 5.69 Å². The number of hydrogen-bond acceptors (Lipinski definition) is 7. The molecule has 1 saturated heterocycles. The van der Waals surface area contributed by atoms with E-state index in [2.05, 4.69) is 21.9 Å². The summed E-state index contributed by atoms with van der Waals surface area (Å²) in [6, 6.07) is 5.36. The summed E-state index contributed by atoms with van der Waals surface area (Å²) in [7, 11) is 1.52. The van der Waals surface area contributed by atoms with E-state index < -0.39 is 24.0 Å². The predicted octanol–water partition coefficient (Wildman–Crippen LogP) is 0.450. The molecule has 0 saturated carbocycles. The van der Waals surface area contributed by atoms with E-state index in [-0.39, 0.29) is 24.9 Å². The lowest BCUT2D eigenvalue weighted by molar-refractivity contribution is -0.388. The third-order valence-corrected chi connectivity index (χ3v) is 6.95. The van der Waals surface area contributed by atoms with Gasteiger partial charge in [0.15, 0.2) is 24.2 Å². The number of amides is 2. The second kappa shape index (κ2) is 10.8. The SMILES string of the molecule is CCCC1Cc2cc(N3CCOC(C(O)C(=O)N=C4C=CC(=C5N=C(OC)C=[NH+]5)C=C4)C3=O)ccc2C1=O. The summed E-state index contributed by atoms with van der Waals surface area (Å²) in [5, 5.41) is 10.7. The summed E-state index contributed by atoms with van der Waals surface area (Å²) in [6.45, 7) is 2.48. The maximum Gasteiger partial charge on any atom is 0.368 e. The van der Waals surface area contributed by atoms with Crippen LogP contribution in [0.15, 0.2) is 63.9 Å². The van der Waals surface area contributed by atoms with Crippen molar-refractivity contribution in [2.24, 2.45) is 15.9 Å². The van der Waals surface area contributed by atoms with Crippen molar-refractivity contribution in [1.82, 2.24) is 0 Å². The molecular formula is C28H29N4O6+. The Kier molecular flexibility index (Phi) is 7.26. The minimum Gasteiger partial charge on any atom is -0.460 e. The molecule has 2 amide bonds. The normalized spacial score (nSPS) is 23.2. The average molecular weight is 518 g/mol. The van der Waals surface area contributed by atoms with Gasteiger partial charge in [-0.2, -0.15) is 0 Å². The number of nitrogens with one attached hydrogen (secondary N) is 1. The van der Waals surface area contributed by atoms with Gasteiger partial charge in [0.05, 0.1) is 25.0 Å². The summed E-state index contributed by atoms with van der Waals surface area (Å²) in [5.74, 6) is -0.219. The lowest BCUT2D eigenvalue weighted by atomic mass is 10.00. The fourth-order valence-corrected chi connectivity index (χ4v) is 4.98. The van der Waals surface area contributed by atoms with Crippen LogP contribution in [-0.2, 0) is 25.5 Å². The lowest BCUT2D eigenvalue weighted by Gasteiger charge is -2.34. The number of carbonyl (C=O) groups excluding carboxylic acids is 3. The minimum atomic E-state index is -1.76. The van der Waals surface area contributed by atoms with E-state index in [0.29, 0.717) is 35.1 Å². The first-order valence-corrected chi connectivity index (χ1v) is 12.6. The molecule has 10 nitrogen and oxygen atoms in total. The maximum atomic E-state index is 13.2. The van der Waals surface area contributed by atoms with Gasteiger partial charge in [-0.15, -0.1) is 0 Å². The van der Waals surface area contributed by atoms with E-state index in [0.717, 1.165) is 24.0 Å². The molecule has 0 bridgehead atoms. The number of Topliss-reactive ketones (excluding diaryl/α,β-unsaturated/α-hetero) is 1. The zero-order chi connectivity index (χ0) is 26.8. The van der Waals surface area contributed by atoms with Crippen LogP contribution in [0.3, 0.4) is 0 Å². The Labute approximate surface area is 219 Å². The number of carbonyl (C=O) groups is 3. The number of methoxy groups -OCH3 is 1. The first kappa shape index (κ1) is 25.6. The zero-order valence-corrected chi connectivity index (χ0v) is 21.2. The van der Waals surface area contributed by atoms with Crippen molar-refractivity contribution in [2.75, 3.05) is 25.2 Å². The van der Waals surface area contributed by atoms with E-state index >= 15 is 0 Å². The van der Waals surface area contributed by atoms with Gasteiger partial charge in [-0.25, -0.2) is 9.98 Å². The number of hydrogen-bond donors (Lipinski definition) is 2. The Hall–Kier alpha value is -4.02. The number of rotatable bonds is 5. The third kappa shape index (κ3) is 4.92. The molecule has 1 fully saturated rings. The van der Waals surface area contributed by atoms with E-state index in [4.69, 9.17) is 9.47 Å². The highest BCUT2D eigenvalue weighted by Gasteiger charge is 2.40. The van der Waals surface area contributed by atoms with Gasteiger partial charge in [0, 0.05) is 28.7 Å². The van der Waals surface area contributed by atoms with Crippen LogP contribution in [0.2, 0.25) is 0 Å². The molecule has 0 spiro atoms. The number of fused-ring (bicyclic) bond motifs is 1. The Morgan fingerprint density at radius 1 is 1.29 bits per heavy atom. The second-order valence-corrected chi connectivity index (χ2v) is 9.41. The number of aliphatic hydroxyl groups is 1. The van der Waals surface area contributed by atoms with Crippen molar-refractivity contribution in [3.8, 4) is 0 Å².